The van der Waals surface area contributed by atoms with E-state index in [1.807, 2.05) is 6.92 Å². The standard InChI is InChI=1S/C13H26BrNO5/c1-2-3-6-20-13(16)15-5-8-18-10-12-19-11-9-17-7-4-14/h2-12H2,1H3,(H,15,16). The second-order valence-corrected chi connectivity index (χ2v) is 4.74. The molecular formula is C13H26BrNO5. The number of nitrogens with one attached hydrogen (secondary N) is 1. The average molecular weight is 356 g/mol. The van der Waals surface area contributed by atoms with Gasteiger partial charge in [0, 0.05) is 11.9 Å². The Morgan fingerprint density at radius 2 is 1.55 bits per heavy atom. The maximum atomic E-state index is 11.1. The van der Waals surface area contributed by atoms with Crippen molar-refractivity contribution < 1.29 is 23.7 Å². The molecule has 0 fully saturated rings. The summed E-state index contributed by atoms with van der Waals surface area (Å²) in [6.45, 7) is 6.30. The largest absolute Gasteiger partial charge is 0.450 e. The Kier molecular flexibility index (Phi) is 16.4. The molecule has 0 heterocycles. The Balaban J connectivity index is 3.07. The Hall–Kier alpha value is -0.370. The molecule has 0 spiro atoms. The molecule has 20 heavy (non-hydrogen) atoms. The van der Waals surface area contributed by atoms with Gasteiger partial charge in [0.25, 0.3) is 0 Å². The van der Waals surface area contributed by atoms with Gasteiger partial charge in [-0.3, -0.25) is 0 Å². The molecule has 0 aliphatic rings. The summed E-state index contributed by atoms with van der Waals surface area (Å²) in [5, 5.41) is 3.45. The van der Waals surface area contributed by atoms with E-state index in [1.165, 1.54) is 0 Å². The van der Waals surface area contributed by atoms with E-state index >= 15 is 0 Å². The van der Waals surface area contributed by atoms with Gasteiger partial charge in [-0.05, 0) is 6.42 Å². The molecule has 7 heteroatoms. The van der Waals surface area contributed by atoms with E-state index in [-0.39, 0.29) is 6.09 Å². The van der Waals surface area contributed by atoms with Gasteiger partial charge in [0.1, 0.15) is 0 Å². The molecular weight excluding hydrogens is 330 g/mol. The summed E-state index contributed by atoms with van der Waals surface area (Å²) in [5.41, 5.74) is 0. The molecule has 1 N–H and O–H groups in total. The lowest BCUT2D eigenvalue weighted by Crippen LogP contribution is -2.28. The fourth-order valence-electron chi connectivity index (χ4n) is 1.18. The van der Waals surface area contributed by atoms with Gasteiger partial charge in [-0.2, -0.15) is 0 Å². The van der Waals surface area contributed by atoms with Crippen molar-refractivity contribution in [2.24, 2.45) is 0 Å². The molecule has 0 aromatic carbocycles. The molecule has 0 atom stereocenters. The minimum Gasteiger partial charge on any atom is -0.450 e. The van der Waals surface area contributed by atoms with Crippen molar-refractivity contribution >= 4 is 22.0 Å². The van der Waals surface area contributed by atoms with Crippen LogP contribution in [-0.2, 0) is 18.9 Å². The van der Waals surface area contributed by atoms with Crippen molar-refractivity contribution in [1.29, 1.82) is 0 Å². The molecule has 120 valence electrons. The highest BCUT2D eigenvalue weighted by molar-refractivity contribution is 9.09. The maximum absolute atomic E-state index is 11.1. The maximum Gasteiger partial charge on any atom is 0.407 e. The molecule has 0 aliphatic heterocycles. The highest BCUT2D eigenvalue weighted by Crippen LogP contribution is 1.88. The topological polar surface area (TPSA) is 66.0 Å². The van der Waals surface area contributed by atoms with Gasteiger partial charge in [-0.1, -0.05) is 29.3 Å². The quantitative estimate of drug-likeness (QED) is 0.381. The summed E-state index contributed by atoms with van der Waals surface area (Å²) in [4.78, 5) is 11.1. The first-order valence-corrected chi connectivity index (χ1v) is 8.13. The van der Waals surface area contributed by atoms with Crippen LogP contribution in [0.1, 0.15) is 19.8 Å². The normalized spacial score (nSPS) is 10.5. The Morgan fingerprint density at radius 1 is 0.950 bits per heavy atom. The Bertz CT molecular complexity index is 219. The number of ether oxygens (including phenoxy) is 4. The first-order valence-electron chi connectivity index (χ1n) is 7.01. The lowest BCUT2D eigenvalue weighted by atomic mass is 10.4. The molecule has 0 aliphatic carbocycles. The van der Waals surface area contributed by atoms with E-state index in [9.17, 15) is 4.79 Å². The summed E-state index contributed by atoms with van der Waals surface area (Å²) in [7, 11) is 0. The van der Waals surface area contributed by atoms with Crippen molar-refractivity contribution in [3.63, 3.8) is 0 Å². The van der Waals surface area contributed by atoms with Crippen LogP contribution in [0.25, 0.3) is 0 Å². The van der Waals surface area contributed by atoms with Gasteiger partial charge in [0.05, 0.1) is 46.2 Å². The van der Waals surface area contributed by atoms with Gasteiger partial charge in [0.2, 0.25) is 0 Å². The number of unbranched alkanes of at least 4 members (excludes halogenated alkanes) is 1. The number of alkyl halides is 1. The molecule has 0 saturated heterocycles. The highest BCUT2D eigenvalue weighted by atomic mass is 79.9. The summed E-state index contributed by atoms with van der Waals surface area (Å²) in [6.07, 6.45) is 1.51. The van der Waals surface area contributed by atoms with Crippen LogP contribution in [0.15, 0.2) is 0 Å². The summed E-state index contributed by atoms with van der Waals surface area (Å²) in [5.74, 6) is 0. The number of hydrogen-bond acceptors (Lipinski definition) is 5. The van der Waals surface area contributed by atoms with Crippen molar-refractivity contribution in [3.05, 3.63) is 0 Å². The molecule has 6 nitrogen and oxygen atoms in total. The molecule has 0 aromatic rings. The van der Waals surface area contributed by atoms with E-state index in [0.717, 1.165) is 18.2 Å². The lowest BCUT2D eigenvalue weighted by molar-refractivity contribution is 0.0180. The summed E-state index contributed by atoms with van der Waals surface area (Å²) < 4.78 is 20.7. The van der Waals surface area contributed by atoms with Gasteiger partial charge in [-0.15, -0.1) is 0 Å². The molecule has 0 rings (SSSR count). The van der Waals surface area contributed by atoms with Crippen LogP contribution in [0.3, 0.4) is 0 Å². The van der Waals surface area contributed by atoms with Crippen LogP contribution in [0.2, 0.25) is 0 Å². The van der Waals surface area contributed by atoms with Crippen molar-refractivity contribution in [2.45, 2.75) is 19.8 Å². The van der Waals surface area contributed by atoms with E-state index in [0.29, 0.717) is 52.8 Å². The highest BCUT2D eigenvalue weighted by Gasteiger charge is 1.99. The monoisotopic (exact) mass is 355 g/mol. The van der Waals surface area contributed by atoms with Crippen LogP contribution in [0.5, 0.6) is 0 Å². The number of rotatable bonds is 14. The van der Waals surface area contributed by atoms with Crippen LogP contribution in [0.4, 0.5) is 4.79 Å². The Morgan fingerprint density at radius 3 is 2.15 bits per heavy atom. The van der Waals surface area contributed by atoms with Crippen molar-refractivity contribution in [2.75, 3.05) is 58.1 Å². The van der Waals surface area contributed by atoms with Crippen LogP contribution < -0.4 is 5.32 Å². The molecule has 0 unspecified atom stereocenters. The van der Waals surface area contributed by atoms with E-state index < -0.39 is 0 Å². The second-order valence-electron chi connectivity index (χ2n) is 3.94. The van der Waals surface area contributed by atoms with E-state index in [1.54, 1.807) is 0 Å². The smallest absolute Gasteiger partial charge is 0.407 e. The summed E-state index contributed by atoms with van der Waals surface area (Å²) >= 11 is 3.27. The molecule has 0 radical (unpaired) electrons. The molecule has 0 aromatic heterocycles. The van der Waals surface area contributed by atoms with Crippen LogP contribution >= 0.6 is 15.9 Å². The minimum atomic E-state index is -0.387. The zero-order chi connectivity index (χ0) is 14.9. The zero-order valence-corrected chi connectivity index (χ0v) is 13.8. The third-order valence-electron chi connectivity index (χ3n) is 2.21. The second kappa shape index (κ2) is 16.7. The van der Waals surface area contributed by atoms with Gasteiger partial charge >= 0.3 is 6.09 Å². The van der Waals surface area contributed by atoms with Gasteiger partial charge in [-0.25, -0.2) is 4.79 Å². The third-order valence-corrected chi connectivity index (χ3v) is 2.54. The molecule has 0 saturated carbocycles. The van der Waals surface area contributed by atoms with Crippen LogP contribution in [-0.4, -0.2) is 64.2 Å². The van der Waals surface area contributed by atoms with Crippen molar-refractivity contribution in [1.82, 2.24) is 5.32 Å². The number of halogens is 1. The number of amides is 1. The van der Waals surface area contributed by atoms with Gasteiger partial charge in [0.15, 0.2) is 0 Å². The fraction of sp³-hybridized carbons (Fsp3) is 0.923. The van der Waals surface area contributed by atoms with E-state index in [2.05, 4.69) is 21.2 Å². The lowest BCUT2D eigenvalue weighted by Gasteiger charge is -2.08. The number of carbonyl (C=O) groups is 1. The first kappa shape index (κ1) is 19.6. The number of hydrogen-bond donors (Lipinski definition) is 1. The summed E-state index contributed by atoms with van der Waals surface area (Å²) in [6, 6.07) is 0. The number of alkyl carbamates (subject to hydrolysis) is 1. The average Bonchev–Trinajstić information content (AvgIpc) is 2.45. The Labute approximate surface area is 129 Å². The zero-order valence-electron chi connectivity index (χ0n) is 12.2. The molecule has 0 bridgehead atoms. The predicted molar refractivity (Wildman–Crippen MR) is 80.5 cm³/mol. The minimum absolute atomic E-state index is 0.387. The van der Waals surface area contributed by atoms with Crippen LogP contribution in [0, 0.1) is 0 Å². The predicted octanol–water partition coefficient (Wildman–Crippen LogP) is 1.96. The third kappa shape index (κ3) is 15.7. The van der Waals surface area contributed by atoms with E-state index in [4.69, 9.17) is 18.9 Å². The fourth-order valence-corrected chi connectivity index (χ4v) is 1.41. The SMILES string of the molecule is CCCCOC(=O)NCCOCCOCCOCCBr. The van der Waals surface area contributed by atoms with Gasteiger partial charge < -0.3 is 24.3 Å². The van der Waals surface area contributed by atoms with Crippen molar-refractivity contribution in [3.8, 4) is 0 Å². The number of carbonyl (C=O) groups excluding carboxylic acids is 1. The first-order chi connectivity index (χ1) is 9.81. The molecule has 1 amide bonds.